The third-order valence-electron chi connectivity index (χ3n) is 1.96. The van der Waals surface area contributed by atoms with Gasteiger partial charge in [-0.25, -0.2) is 4.98 Å². The van der Waals surface area contributed by atoms with E-state index in [1.54, 1.807) is 17.4 Å². The van der Waals surface area contributed by atoms with Gasteiger partial charge in [0.15, 0.2) is 6.29 Å². The van der Waals surface area contributed by atoms with Gasteiger partial charge in [-0.2, -0.15) is 0 Å². The molecule has 0 saturated heterocycles. The number of aldehydes is 1. The molecule has 0 unspecified atom stereocenters. The Morgan fingerprint density at radius 1 is 1.64 bits per heavy atom. The molecule has 0 bridgehead atoms. The van der Waals surface area contributed by atoms with E-state index in [9.17, 15) is 4.79 Å². The van der Waals surface area contributed by atoms with Crippen LogP contribution < -0.4 is 0 Å². The SMILES string of the molecule is Cc1csc(Cn2cccc2C=O)n1. The summed E-state index contributed by atoms with van der Waals surface area (Å²) in [5, 5.41) is 3.04. The van der Waals surface area contributed by atoms with Crippen LogP contribution in [-0.2, 0) is 6.54 Å². The second-order valence-corrected chi connectivity index (χ2v) is 4.00. The summed E-state index contributed by atoms with van der Waals surface area (Å²) in [5.74, 6) is 0. The molecule has 0 fully saturated rings. The summed E-state index contributed by atoms with van der Waals surface area (Å²) in [7, 11) is 0. The molecule has 0 N–H and O–H groups in total. The first-order valence-corrected chi connectivity index (χ1v) is 5.19. The van der Waals surface area contributed by atoms with Gasteiger partial charge >= 0.3 is 0 Å². The van der Waals surface area contributed by atoms with Gasteiger partial charge in [-0.15, -0.1) is 11.3 Å². The van der Waals surface area contributed by atoms with Crippen LogP contribution in [0.1, 0.15) is 21.2 Å². The Labute approximate surface area is 86.0 Å². The second-order valence-electron chi connectivity index (χ2n) is 3.06. The third-order valence-corrected chi connectivity index (χ3v) is 2.91. The zero-order chi connectivity index (χ0) is 9.97. The Bertz CT molecular complexity index is 444. The van der Waals surface area contributed by atoms with Crippen LogP contribution in [0.3, 0.4) is 0 Å². The summed E-state index contributed by atoms with van der Waals surface area (Å²) in [6.45, 7) is 2.65. The van der Waals surface area contributed by atoms with E-state index < -0.39 is 0 Å². The van der Waals surface area contributed by atoms with Crippen molar-refractivity contribution in [3.63, 3.8) is 0 Å². The normalized spacial score (nSPS) is 10.4. The number of hydrogen-bond donors (Lipinski definition) is 0. The van der Waals surface area contributed by atoms with E-state index in [1.807, 2.05) is 29.1 Å². The minimum Gasteiger partial charge on any atom is -0.338 e. The molecule has 2 rings (SSSR count). The summed E-state index contributed by atoms with van der Waals surface area (Å²) >= 11 is 1.62. The molecule has 0 radical (unpaired) electrons. The van der Waals surface area contributed by atoms with Crippen LogP contribution in [0.25, 0.3) is 0 Å². The average Bonchev–Trinajstić information content (AvgIpc) is 2.76. The van der Waals surface area contributed by atoms with E-state index >= 15 is 0 Å². The van der Waals surface area contributed by atoms with Crippen molar-refractivity contribution in [1.29, 1.82) is 0 Å². The first kappa shape index (κ1) is 9.15. The van der Waals surface area contributed by atoms with Crippen molar-refractivity contribution < 1.29 is 4.79 Å². The number of aryl methyl sites for hydroxylation is 1. The molecule has 0 aliphatic rings. The minimum atomic E-state index is 0.680. The van der Waals surface area contributed by atoms with Crippen molar-refractivity contribution >= 4 is 17.6 Å². The zero-order valence-corrected chi connectivity index (χ0v) is 8.62. The fourth-order valence-electron chi connectivity index (χ4n) is 1.30. The third kappa shape index (κ3) is 1.75. The molecule has 0 spiro atoms. The standard InChI is InChI=1S/C10H10N2OS/c1-8-7-14-10(11-8)5-12-4-2-3-9(12)6-13/h2-4,6-7H,5H2,1H3. The topological polar surface area (TPSA) is 34.9 Å². The smallest absolute Gasteiger partial charge is 0.166 e. The molecule has 0 atom stereocenters. The molecule has 2 aromatic rings. The highest BCUT2D eigenvalue weighted by molar-refractivity contribution is 7.09. The lowest BCUT2D eigenvalue weighted by Gasteiger charge is -2.00. The molecular weight excluding hydrogens is 196 g/mol. The maximum Gasteiger partial charge on any atom is 0.166 e. The molecular formula is C10H10N2OS. The fraction of sp³-hybridized carbons (Fsp3) is 0.200. The lowest BCUT2D eigenvalue weighted by atomic mass is 10.4. The Balaban J connectivity index is 2.22. The molecule has 0 aromatic carbocycles. The minimum absolute atomic E-state index is 0.680. The van der Waals surface area contributed by atoms with Crippen LogP contribution in [-0.4, -0.2) is 15.8 Å². The molecule has 3 nitrogen and oxygen atoms in total. The van der Waals surface area contributed by atoms with E-state index in [-0.39, 0.29) is 0 Å². The van der Waals surface area contributed by atoms with E-state index in [1.165, 1.54) is 0 Å². The summed E-state index contributed by atoms with van der Waals surface area (Å²) < 4.78 is 1.89. The fourth-order valence-corrected chi connectivity index (χ4v) is 2.07. The van der Waals surface area contributed by atoms with Gasteiger partial charge in [0.05, 0.1) is 12.2 Å². The highest BCUT2D eigenvalue weighted by atomic mass is 32.1. The second kappa shape index (κ2) is 3.75. The van der Waals surface area contributed by atoms with Gasteiger partial charge < -0.3 is 4.57 Å². The maximum atomic E-state index is 10.6. The van der Waals surface area contributed by atoms with Crippen molar-refractivity contribution in [3.8, 4) is 0 Å². The molecule has 0 amide bonds. The van der Waals surface area contributed by atoms with E-state index in [0.29, 0.717) is 12.2 Å². The van der Waals surface area contributed by atoms with Crippen molar-refractivity contribution in [2.24, 2.45) is 0 Å². The number of aromatic nitrogens is 2. The number of rotatable bonds is 3. The summed E-state index contributed by atoms with van der Waals surface area (Å²) in [4.78, 5) is 15.0. The lowest BCUT2D eigenvalue weighted by Crippen LogP contribution is -2.01. The Hall–Kier alpha value is -1.42. The summed E-state index contributed by atoms with van der Waals surface area (Å²) in [6.07, 6.45) is 2.75. The summed E-state index contributed by atoms with van der Waals surface area (Å²) in [5.41, 5.74) is 1.72. The van der Waals surface area contributed by atoms with Gasteiger partial charge in [0.25, 0.3) is 0 Å². The Morgan fingerprint density at radius 3 is 3.14 bits per heavy atom. The number of hydrogen-bond acceptors (Lipinski definition) is 3. The number of carbonyl (C=O) groups excluding carboxylic acids is 1. The number of carbonyl (C=O) groups is 1. The highest BCUT2D eigenvalue weighted by Crippen LogP contribution is 2.11. The largest absolute Gasteiger partial charge is 0.338 e. The highest BCUT2D eigenvalue weighted by Gasteiger charge is 2.02. The van der Waals surface area contributed by atoms with Crippen molar-refractivity contribution in [2.75, 3.05) is 0 Å². The molecule has 0 aliphatic heterocycles. The Kier molecular flexibility index (Phi) is 2.45. The van der Waals surface area contributed by atoms with E-state index in [4.69, 9.17) is 0 Å². The van der Waals surface area contributed by atoms with Gasteiger partial charge in [0, 0.05) is 17.3 Å². The van der Waals surface area contributed by atoms with Crippen molar-refractivity contribution in [2.45, 2.75) is 13.5 Å². The van der Waals surface area contributed by atoms with Crippen LogP contribution >= 0.6 is 11.3 Å². The lowest BCUT2D eigenvalue weighted by molar-refractivity contribution is 0.111. The number of nitrogens with zero attached hydrogens (tertiary/aromatic N) is 2. The predicted molar refractivity (Wildman–Crippen MR) is 55.8 cm³/mol. The van der Waals surface area contributed by atoms with Crippen LogP contribution in [0.2, 0.25) is 0 Å². The van der Waals surface area contributed by atoms with Gasteiger partial charge in [0.2, 0.25) is 0 Å². The molecule has 14 heavy (non-hydrogen) atoms. The molecule has 0 aliphatic carbocycles. The van der Waals surface area contributed by atoms with Crippen LogP contribution in [0, 0.1) is 6.92 Å². The molecule has 2 heterocycles. The van der Waals surface area contributed by atoms with Crippen LogP contribution in [0.5, 0.6) is 0 Å². The van der Waals surface area contributed by atoms with Gasteiger partial charge in [0.1, 0.15) is 5.01 Å². The van der Waals surface area contributed by atoms with Gasteiger partial charge in [-0.3, -0.25) is 4.79 Å². The first-order valence-electron chi connectivity index (χ1n) is 4.31. The average molecular weight is 206 g/mol. The first-order chi connectivity index (χ1) is 6.79. The zero-order valence-electron chi connectivity index (χ0n) is 7.80. The van der Waals surface area contributed by atoms with Crippen molar-refractivity contribution in [1.82, 2.24) is 9.55 Å². The quantitative estimate of drug-likeness (QED) is 0.721. The molecule has 2 aromatic heterocycles. The maximum absolute atomic E-state index is 10.6. The predicted octanol–water partition coefficient (Wildman–Crippen LogP) is 2.11. The van der Waals surface area contributed by atoms with Crippen LogP contribution in [0.15, 0.2) is 23.7 Å². The molecule has 0 saturated carbocycles. The van der Waals surface area contributed by atoms with Crippen LogP contribution in [0.4, 0.5) is 0 Å². The Morgan fingerprint density at radius 2 is 2.50 bits per heavy atom. The van der Waals surface area contributed by atoms with E-state index in [0.717, 1.165) is 17.0 Å². The number of thiazole rings is 1. The molecule has 72 valence electrons. The van der Waals surface area contributed by atoms with Crippen molar-refractivity contribution in [3.05, 3.63) is 40.1 Å². The molecule has 4 heteroatoms. The van der Waals surface area contributed by atoms with E-state index in [2.05, 4.69) is 4.98 Å². The monoisotopic (exact) mass is 206 g/mol. The summed E-state index contributed by atoms with van der Waals surface area (Å²) in [6, 6.07) is 3.66. The van der Waals surface area contributed by atoms with Gasteiger partial charge in [-0.05, 0) is 19.1 Å². The van der Waals surface area contributed by atoms with Gasteiger partial charge in [-0.1, -0.05) is 0 Å².